The van der Waals surface area contributed by atoms with Gasteiger partial charge in [0.05, 0.1) is 21.3 Å². The molecule has 0 radical (unpaired) electrons. The molecule has 0 aliphatic carbocycles. The van der Waals surface area contributed by atoms with E-state index < -0.39 is 17.1 Å². The number of ether oxygens (including phenoxy) is 3. The van der Waals surface area contributed by atoms with Crippen molar-refractivity contribution in [1.82, 2.24) is 5.32 Å². The van der Waals surface area contributed by atoms with Crippen molar-refractivity contribution in [2.45, 2.75) is 17.1 Å². The maximum atomic E-state index is 13.7. The van der Waals surface area contributed by atoms with Crippen molar-refractivity contribution in [2.24, 2.45) is 0 Å². The topological polar surface area (TPSA) is 115 Å². The summed E-state index contributed by atoms with van der Waals surface area (Å²) in [7, 11) is 4.51. The summed E-state index contributed by atoms with van der Waals surface area (Å²) in [4.78, 5) is 41.2. The fraction of sp³-hybridized carbons (Fsp3) is 0.125. The highest BCUT2D eigenvalue weighted by Crippen LogP contribution is 2.38. The van der Waals surface area contributed by atoms with Gasteiger partial charge < -0.3 is 30.2 Å². The Bertz CT molecular complexity index is 1970. The predicted octanol–water partition coefficient (Wildman–Crippen LogP) is 7.90. The van der Waals surface area contributed by atoms with E-state index >= 15 is 0 Å². The van der Waals surface area contributed by atoms with E-state index in [1.54, 1.807) is 54.6 Å². The van der Waals surface area contributed by atoms with Crippen molar-refractivity contribution >= 4 is 46.9 Å². The lowest BCUT2D eigenvalue weighted by atomic mass is 10.1. The first-order valence-electron chi connectivity index (χ1n) is 15.7. The number of carbonyl (C=O) groups excluding carboxylic acids is 3. The molecule has 5 rings (SSSR count). The summed E-state index contributed by atoms with van der Waals surface area (Å²) in [6.45, 7) is 1.99. The second-order valence-electron chi connectivity index (χ2n) is 11.1. The molecule has 1 atom stereocenters. The Hall–Kier alpha value is -6.00. The number of rotatable bonds is 13. The molecule has 0 spiro atoms. The van der Waals surface area contributed by atoms with E-state index in [0.29, 0.717) is 39.8 Å². The van der Waals surface area contributed by atoms with Crippen LogP contribution in [0.3, 0.4) is 0 Å². The highest BCUT2D eigenvalue weighted by molar-refractivity contribution is 8.00. The molecule has 5 aromatic carbocycles. The Balaban J connectivity index is 1.38. The van der Waals surface area contributed by atoms with Gasteiger partial charge in [-0.05, 0) is 73.2 Å². The van der Waals surface area contributed by atoms with Gasteiger partial charge in [0, 0.05) is 33.5 Å². The van der Waals surface area contributed by atoms with Crippen LogP contribution in [-0.4, -0.2) is 39.1 Å². The van der Waals surface area contributed by atoms with Crippen molar-refractivity contribution in [2.75, 3.05) is 32.0 Å². The summed E-state index contributed by atoms with van der Waals surface area (Å²) in [5.41, 5.74) is 3.99. The number of amides is 3. The normalized spacial score (nSPS) is 11.6. The number of benzene rings is 5. The second-order valence-corrected chi connectivity index (χ2v) is 12.2. The van der Waals surface area contributed by atoms with Crippen LogP contribution in [0.5, 0.6) is 17.2 Å². The Labute approximate surface area is 295 Å². The predicted molar refractivity (Wildman–Crippen MR) is 198 cm³/mol. The summed E-state index contributed by atoms with van der Waals surface area (Å²) in [5.74, 6) is 0.0869. The highest BCUT2D eigenvalue weighted by Gasteiger charge is 2.23. The number of aryl methyl sites for hydroxylation is 1. The third-order valence-corrected chi connectivity index (χ3v) is 8.86. The number of hydrogen-bond acceptors (Lipinski definition) is 7. The Kier molecular flexibility index (Phi) is 11.9. The SMILES string of the molecule is COc1cc(OC)c(OC)cc1/C=C(\NC(=O)c1ccccc1)C(=O)Nc1ccc(SC(C(=O)Nc2ccc(C)cc2)c2ccccc2)cc1. The van der Waals surface area contributed by atoms with E-state index in [4.69, 9.17) is 14.2 Å². The lowest BCUT2D eigenvalue weighted by Crippen LogP contribution is -2.30. The van der Waals surface area contributed by atoms with Crippen LogP contribution in [0.2, 0.25) is 0 Å². The zero-order valence-corrected chi connectivity index (χ0v) is 28.9. The van der Waals surface area contributed by atoms with Gasteiger partial charge in [-0.3, -0.25) is 14.4 Å². The minimum Gasteiger partial charge on any atom is -0.496 e. The number of thioether (sulfide) groups is 1. The molecule has 10 heteroatoms. The zero-order chi connectivity index (χ0) is 35.5. The van der Waals surface area contributed by atoms with Gasteiger partial charge in [-0.2, -0.15) is 0 Å². The first-order valence-corrected chi connectivity index (χ1v) is 16.5. The van der Waals surface area contributed by atoms with Crippen LogP contribution in [0.25, 0.3) is 6.08 Å². The van der Waals surface area contributed by atoms with Crippen molar-refractivity contribution < 1.29 is 28.6 Å². The average Bonchev–Trinajstić information content (AvgIpc) is 3.15. The minimum atomic E-state index is -0.564. The standard InChI is InChI=1S/C40H37N3O6S/c1-26-15-17-30(18-16-26)42-40(46)37(27-11-7-5-8-12-27)50-32-21-19-31(20-22-32)41-39(45)33(43-38(44)28-13-9-6-10-14-28)23-29-24-35(48-3)36(49-4)25-34(29)47-2/h5-25,37H,1-4H3,(H,41,45)(H,42,46)(H,43,44)/b33-23-. The number of carbonyl (C=O) groups is 3. The fourth-order valence-corrected chi connectivity index (χ4v) is 5.98. The molecule has 0 aliphatic rings. The number of nitrogens with one attached hydrogen (secondary N) is 3. The van der Waals surface area contributed by atoms with E-state index in [1.165, 1.54) is 39.2 Å². The van der Waals surface area contributed by atoms with Crippen molar-refractivity contribution in [3.8, 4) is 17.2 Å². The average molecular weight is 688 g/mol. The molecule has 0 saturated heterocycles. The molecule has 3 amide bonds. The fourth-order valence-electron chi connectivity index (χ4n) is 4.96. The van der Waals surface area contributed by atoms with Gasteiger partial charge in [0.15, 0.2) is 11.5 Å². The molecule has 0 fully saturated rings. The lowest BCUT2D eigenvalue weighted by molar-refractivity contribution is -0.116. The molecular formula is C40H37N3O6S. The van der Waals surface area contributed by atoms with Crippen molar-refractivity contribution in [1.29, 1.82) is 0 Å². The van der Waals surface area contributed by atoms with E-state index in [0.717, 1.165) is 16.0 Å². The maximum absolute atomic E-state index is 13.7. The summed E-state index contributed by atoms with van der Waals surface area (Å²) in [6, 6.07) is 36.3. The third kappa shape index (κ3) is 9.12. The Morgan fingerprint density at radius 2 is 1.22 bits per heavy atom. The molecule has 0 bridgehead atoms. The van der Waals surface area contributed by atoms with Crippen LogP contribution in [-0.2, 0) is 9.59 Å². The molecule has 0 heterocycles. The molecule has 5 aromatic rings. The number of anilines is 2. The zero-order valence-electron chi connectivity index (χ0n) is 28.1. The third-order valence-electron chi connectivity index (χ3n) is 7.59. The summed E-state index contributed by atoms with van der Waals surface area (Å²) in [6.07, 6.45) is 1.51. The largest absolute Gasteiger partial charge is 0.496 e. The van der Waals surface area contributed by atoms with Crippen LogP contribution >= 0.6 is 11.8 Å². The lowest BCUT2D eigenvalue weighted by Gasteiger charge is -2.18. The molecule has 0 aliphatic heterocycles. The Morgan fingerprint density at radius 3 is 1.84 bits per heavy atom. The summed E-state index contributed by atoms with van der Waals surface area (Å²) >= 11 is 1.40. The van der Waals surface area contributed by atoms with Gasteiger partial charge >= 0.3 is 0 Å². The van der Waals surface area contributed by atoms with Crippen LogP contribution in [0, 0.1) is 6.92 Å². The highest BCUT2D eigenvalue weighted by atomic mass is 32.2. The van der Waals surface area contributed by atoms with Crippen molar-refractivity contribution in [3.63, 3.8) is 0 Å². The van der Waals surface area contributed by atoms with Gasteiger partial charge in [0.2, 0.25) is 5.91 Å². The summed E-state index contributed by atoms with van der Waals surface area (Å²) in [5, 5.41) is 8.11. The first-order chi connectivity index (χ1) is 24.3. The van der Waals surface area contributed by atoms with Gasteiger partial charge in [-0.1, -0.05) is 66.2 Å². The maximum Gasteiger partial charge on any atom is 0.272 e. The van der Waals surface area contributed by atoms with Crippen LogP contribution in [0.1, 0.15) is 32.3 Å². The second kappa shape index (κ2) is 16.9. The molecule has 254 valence electrons. The van der Waals surface area contributed by atoms with E-state index in [2.05, 4.69) is 16.0 Å². The molecule has 1 unspecified atom stereocenters. The molecule has 50 heavy (non-hydrogen) atoms. The monoisotopic (exact) mass is 687 g/mol. The van der Waals surface area contributed by atoms with Gasteiger partial charge in [0.1, 0.15) is 16.7 Å². The molecule has 9 nitrogen and oxygen atoms in total. The molecule has 0 aromatic heterocycles. The van der Waals surface area contributed by atoms with Crippen LogP contribution in [0.15, 0.2) is 132 Å². The van der Waals surface area contributed by atoms with Gasteiger partial charge in [-0.25, -0.2) is 0 Å². The molecule has 3 N–H and O–H groups in total. The number of methoxy groups -OCH3 is 3. The van der Waals surface area contributed by atoms with Gasteiger partial charge in [0.25, 0.3) is 11.8 Å². The smallest absolute Gasteiger partial charge is 0.272 e. The summed E-state index contributed by atoms with van der Waals surface area (Å²) < 4.78 is 16.4. The van der Waals surface area contributed by atoms with Crippen LogP contribution < -0.4 is 30.2 Å². The van der Waals surface area contributed by atoms with E-state index in [1.807, 2.05) is 73.7 Å². The van der Waals surface area contributed by atoms with Crippen LogP contribution in [0.4, 0.5) is 11.4 Å². The number of hydrogen-bond donors (Lipinski definition) is 3. The first kappa shape index (κ1) is 35.3. The Morgan fingerprint density at radius 1 is 0.660 bits per heavy atom. The van der Waals surface area contributed by atoms with E-state index in [9.17, 15) is 14.4 Å². The quantitative estimate of drug-likeness (QED) is 0.0852. The van der Waals surface area contributed by atoms with Crippen molar-refractivity contribution in [3.05, 3.63) is 149 Å². The molecule has 0 saturated carbocycles. The minimum absolute atomic E-state index is 0.0280. The molecular weight excluding hydrogens is 651 g/mol. The van der Waals surface area contributed by atoms with Gasteiger partial charge in [-0.15, -0.1) is 11.8 Å². The van der Waals surface area contributed by atoms with E-state index in [-0.39, 0.29) is 11.6 Å².